The summed E-state index contributed by atoms with van der Waals surface area (Å²) < 4.78 is 5.28. The molecule has 1 aliphatic heterocycles. The van der Waals surface area contributed by atoms with Crippen molar-refractivity contribution in [2.24, 2.45) is 11.3 Å². The molecule has 1 aromatic rings. The minimum atomic E-state index is 0.0175. The van der Waals surface area contributed by atoms with E-state index in [9.17, 15) is 5.11 Å². The monoisotopic (exact) mass is 311 g/mol. The van der Waals surface area contributed by atoms with Crippen LogP contribution in [-0.4, -0.2) is 36.8 Å². The normalized spacial score (nSPS) is 23.5. The molecule has 0 spiro atoms. The number of ether oxygens (including phenoxy) is 1. The summed E-state index contributed by atoms with van der Waals surface area (Å²) >= 11 is 6.39. The highest BCUT2D eigenvalue weighted by molar-refractivity contribution is 6.32. The molecule has 1 saturated heterocycles. The van der Waals surface area contributed by atoms with Crippen LogP contribution >= 0.6 is 11.6 Å². The standard InChI is InChI=1S/C17H26ClNO2/c1-13(2)17(12-20)8-5-9-19(11-17)10-14-6-4-7-15(21-3)16(14)18/h4,6-7,13,20H,5,8-12H2,1-3H3. The van der Waals surface area contributed by atoms with E-state index < -0.39 is 0 Å². The van der Waals surface area contributed by atoms with Crippen molar-refractivity contribution in [3.8, 4) is 5.75 Å². The first-order valence-electron chi connectivity index (χ1n) is 7.67. The maximum Gasteiger partial charge on any atom is 0.137 e. The maximum absolute atomic E-state index is 9.86. The van der Waals surface area contributed by atoms with Crippen LogP contribution in [0.5, 0.6) is 5.75 Å². The summed E-state index contributed by atoms with van der Waals surface area (Å²) in [6.07, 6.45) is 2.23. The number of nitrogens with zero attached hydrogens (tertiary/aromatic N) is 1. The van der Waals surface area contributed by atoms with Gasteiger partial charge in [-0.1, -0.05) is 37.6 Å². The fraction of sp³-hybridized carbons (Fsp3) is 0.647. The number of aliphatic hydroxyl groups is 1. The van der Waals surface area contributed by atoms with E-state index in [2.05, 4.69) is 24.8 Å². The van der Waals surface area contributed by atoms with Crippen molar-refractivity contribution < 1.29 is 9.84 Å². The number of piperidine rings is 1. The van der Waals surface area contributed by atoms with Gasteiger partial charge in [0.1, 0.15) is 5.75 Å². The number of hydrogen-bond acceptors (Lipinski definition) is 3. The smallest absolute Gasteiger partial charge is 0.137 e. The lowest BCUT2D eigenvalue weighted by atomic mass is 9.72. The molecule has 118 valence electrons. The molecule has 1 unspecified atom stereocenters. The lowest BCUT2D eigenvalue weighted by Gasteiger charge is -2.44. The Hall–Kier alpha value is -0.770. The third kappa shape index (κ3) is 3.53. The zero-order valence-electron chi connectivity index (χ0n) is 13.2. The lowest BCUT2D eigenvalue weighted by molar-refractivity contribution is -0.00586. The van der Waals surface area contributed by atoms with Crippen LogP contribution in [0.15, 0.2) is 18.2 Å². The number of aliphatic hydroxyl groups excluding tert-OH is 1. The zero-order chi connectivity index (χ0) is 15.5. The van der Waals surface area contributed by atoms with Crippen molar-refractivity contribution in [1.82, 2.24) is 4.90 Å². The van der Waals surface area contributed by atoms with Crippen LogP contribution in [0.4, 0.5) is 0 Å². The number of methoxy groups -OCH3 is 1. The highest BCUT2D eigenvalue weighted by Crippen LogP contribution is 2.38. The molecule has 3 nitrogen and oxygen atoms in total. The summed E-state index contributed by atoms with van der Waals surface area (Å²) in [5, 5.41) is 10.6. The molecule has 0 bridgehead atoms. The zero-order valence-corrected chi connectivity index (χ0v) is 14.0. The number of hydrogen-bond donors (Lipinski definition) is 1. The molecule has 1 aliphatic rings. The topological polar surface area (TPSA) is 32.7 Å². The van der Waals surface area contributed by atoms with Crippen molar-refractivity contribution in [1.29, 1.82) is 0 Å². The Bertz CT molecular complexity index is 478. The van der Waals surface area contributed by atoms with Gasteiger partial charge in [0.15, 0.2) is 0 Å². The van der Waals surface area contributed by atoms with Crippen molar-refractivity contribution in [2.45, 2.75) is 33.2 Å². The summed E-state index contributed by atoms with van der Waals surface area (Å²) in [4.78, 5) is 2.40. The van der Waals surface area contributed by atoms with E-state index >= 15 is 0 Å². The molecule has 1 N–H and O–H groups in total. The molecule has 1 heterocycles. The Kier molecular flexibility index (Phi) is 5.53. The lowest BCUT2D eigenvalue weighted by Crippen LogP contribution is -2.47. The minimum absolute atomic E-state index is 0.0175. The average molecular weight is 312 g/mol. The fourth-order valence-corrected chi connectivity index (χ4v) is 3.52. The second-order valence-corrected chi connectivity index (χ2v) is 6.80. The molecule has 1 fully saturated rings. The van der Waals surface area contributed by atoms with E-state index in [0.717, 1.165) is 43.8 Å². The SMILES string of the molecule is COc1cccc(CN2CCCC(CO)(C(C)C)C2)c1Cl. The number of rotatable bonds is 5. The fourth-order valence-electron chi connectivity index (χ4n) is 3.25. The van der Waals surface area contributed by atoms with Gasteiger partial charge in [-0.05, 0) is 36.9 Å². The molecule has 1 aromatic carbocycles. The van der Waals surface area contributed by atoms with Crippen LogP contribution < -0.4 is 4.74 Å². The molecule has 1 atom stereocenters. The van der Waals surface area contributed by atoms with Crippen molar-refractivity contribution in [2.75, 3.05) is 26.8 Å². The molecule has 0 amide bonds. The van der Waals surface area contributed by atoms with E-state index in [1.807, 2.05) is 12.1 Å². The Morgan fingerprint density at radius 3 is 2.81 bits per heavy atom. The van der Waals surface area contributed by atoms with Crippen LogP contribution in [-0.2, 0) is 6.54 Å². The number of halogens is 1. The molecule has 0 aromatic heterocycles. The van der Waals surface area contributed by atoms with Crippen LogP contribution in [0.2, 0.25) is 5.02 Å². The first-order valence-corrected chi connectivity index (χ1v) is 8.05. The first kappa shape index (κ1) is 16.6. The highest BCUT2D eigenvalue weighted by Gasteiger charge is 2.37. The van der Waals surface area contributed by atoms with Gasteiger partial charge >= 0.3 is 0 Å². The van der Waals surface area contributed by atoms with E-state index in [1.54, 1.807) is 7.11 Å². The highest BCUT2D eigenvalue weighted by atomic mass is 35.5. The summed E-state index contributed by atoms with van der Waals surface area (Å²) in [6, 6.07) is 5.91. The third-order valence-electron chi connectivity index (χ3n) is 4.88. The van der Waals surface area contributed by atoms with Gasteiger partial charge in [-0.3, -0.25) is 4.90 Å². The van der Waals surface area contributed by atoms with Crippen molar-refractivity contribution in [3.63, 3.8) is 0 Å². The molecule has 21 heavy (non-hydrogen) atoms. The van der Waals surface area contributed by atoms with E-state index in [4.69, 9.17) is 16.3 Å². The second-order valence-electron chi connectivity index (χ2n) is 6.42. The van der Waals surface area contributed by atoms with Gasteiger partial charge in [0.05, 0.1) is 18.7 Å². The minimum Gasteiger partial charge on any atom is -0.495 e. The third-order valence-corrected chi connectivity index (χ3v) is 5.31. The molecular formula is C17H26ClNO2. The summed E-state index contributed by atoms with van der Waals surface area (Å²) in [5.74, 6) is 1.20. The van der Waals surface area contributed by atoms with Gasteiger partial charge < -0.3 is 9.84 Å². The predicted molar refractivity (Wildman–Crippen MR) is 86.9 cm³/mol. The first-order chi connectivity index (χ1) is 10.0. The van der Waals surface area contributed by atoms with Gasteiger partial charge in [-0.2, -0.15) is 0 Å². The van der Waals surface area contributed by atoms with E-state index in [0.29, 0.717) is 10.9 Å². The quantitative estimate of drug-likeness (QED) is 0.902. The number of likely N-dealkylation sites (tertiary alicyclic amines) is 1. The Labute approximate surface area is 132 Å². The van der Waals surface area contributed by atoms with Crippen LogP contribution in [0, 0.1) is 11.3 Å². The summed E-state index contributed by atoms with van der Waals surface area (Å²) in [7, 11) is 1.64. The van der Waals surface area contributed by atoms with Gasteiger partial charge in [-0.15, -0.1) is 0 Å². The Morgan fingerprint density at radius 1 is 1.43 bits per heavy atom. The largest absolute Gasteiger partial charge is 0.495 e. The van der Waals surface area contributed by atoms with Gasteiger partial charge in [0, 0.05) is 18.5 Å². The van der Waals surface area contributed by atoms with E-state index in [-0.39, 0.29) is 12.0 Å². The predicted octanol–water partition coefficient (Wildman–Crippen LogP) is 3.58. The molecule has 0 radical (unpaired) electrons. The summed E-state index contributed by atoms with van der Waals surface area (Å²) in [6.45, 7) is 7.46. The molecule has 0 saturated carbocycles. The molecular weight excluding hydrogens is 286 g/mol. The molecule has 0 aliphatic carbocycles. The van der Waals surface area contributed by atoms with Crippen LogP contribution in [0.25, 0.3) is 0 Å². The Morgan fingerprint density at radius 2 is 2.19 bits per heavy atom. The maximum atomic E-state index is 9.86. The Balaban J connectivity index is 2.13. The summed E-state index contributed by atoms with van der Waals surface area (Å²) in [5.41, 5.74) is 1.11. The molecule has 2 rings (SSSR count). The van der Waals surface area contributed by atoms with Crippen LogP contribution in [0.3, 0.4) is 0 Å². The van der Waals surface area contributed by atoms with Gasteiger partial charge in [0.25, 0.3) is 0 Å². The molecule has 4 heteroatoms. The van der Waals surface area contributed by atoms with Gasteiger partial charge in [-0.25, -0.2) is 0 Å². The van der Waals surface area contributed by atoms with E-state index in [1.165, 1.54) is 0 Å². The van der Waals surface area contributed by atoms with Crippen LogP contribution in [0.1, 0.15) is 32.3 Å². The van der Waals surface area contributed by atoms with Gasteiger partial charge in [0.2, 0.25) is 0 Å². The average Bonchev–Trinajstić information content (AvgIpc) is 2.49. The van der Waals surface area contributed by atoms with Crippen molar-refractivity contribution >= 4 is 11.6 Å². The second kappa shape index (κ2) is 6.99. The number of benzene rings is 1. The van der Waals surface area contributed by atoms with Crippen molar-refractivity contribution in [3.05, 3.63) is 28.8 Å².